The van der Waals surface area contributed by atoms with Gasteiger partial charge >= 0.3 is 0 Å². The van der Waals surface area contributed by atoms with Crippen LogP contribution in [0.2, 0.25) is 0 Å². The molecule has 94 valence electrons. The van der Waals surface area contributed by atoms with E-state index in [0.717, 1.165) is 18.4 Å². The van der Waals surface area contributed by atoms with Gasteiger partial charge in [0.25, 0.3) is 0 Å². The van der Waals surface area contributed by atoms with Crippen molar-refractivity contribution in [2.75, 3.05) is 20.2 Å². The fraction of sp³-hybridized carbons (Fsp3) is 0.727. The molecule has 0 aromatic heterocycles. The van der Waals surface area contributed by atoms with Crippen LogP contribution < -0.4 is 11.1 Å². The molecule has 0 aliphatic heterocycles. The van der Waals surface area contributed by atoms with E-state index < -0.39 is 0 Å². The van der Waals surface area contributed by atoms with E-state index in [-0.39, 0.29) is 29.6 Å². The summed E-state index contributed by atoms with van der Waals surface area (Å²) in [5.74, 6) is 0.473. The summed E-state index contributed by atoms with van der Waals surface area (Å²) in [6.45, 7) is 7.06. The van der Waals surface area contributed by atoms with Crippen molar-refractivity contribution in [1.82, 2.24) is 5.32 Å². The summed E-state index contributed by atoms with van der Waals surface area (Å²) in [5, 5.41) is 3.00. The summed E-state index contributed by atoms with van der Waals surface area (Å²) in [5.41, 5.74) is 6.70. The summed E-state index contributed by atoms with van der Waals surface area (Å²) >= 11 is 0. The fourth-order valence-corrected chi connectivity index (χ4v) is 1.52. The first-order valence-electron chi connectivity index (χ1n) is 5.31. The molecule has 0 bridgehead atoms. The summed E-state index contributed by atoms with van der Waals surface area (Å²) < 4.78 is 5.44. The van der Waals surface area contributed by atoms with Gasteiger partial charge in [-0.2, -0.15) is 0 Å². The van der Waals surface area contributed by atoms with Gasteiger partial charge in [-0.25, -0.2) is 0 Å². The molecule has 5 heteroatoms. The molecule has 0 atom stereocenters. The van der Waals surface area contributed by atoms with Gasteiger partial charge in [0.15, 0.2) is 5.96 Å². The van der Waals surface area contributed by atoms with Crippen LogP contribution in [0.25, 0.3) is 0 Å². The van der Waals surface area contributed by atoms with Crippen molar-refractivity contribution in [2.45, 2.75) is 31.8 Å². The first kappa shape index (κ1) is 15.7. The van der Waals surface area contributed by atoms with Crippen LogP contribution in [0.15, 0.2) is 17.1 Å². The molecule has 0 aromatic rings. The molecule has 1 aliphatic rings. The average Bonchev–Trinajstić information content (AvgIpc) is 2.14. The standard InChI is InChI=1S/C11H21N3O.HI/c1-9(2)7-13-10(12)14-8-11(15-3)5-4-6-11;/h1,4-8H2,2-3H3,(H3,12,13,14);1H. The van der Waals surface area contributed by atoms with Crippen LogP contribution in [-0.4, -0.2) is 31.8 Å². The van der Waals surface area contributed by atoms with Crippen molar-refractivity contribution in [3.63, 3.8) is 0 Å². The molecule has 0 amide bonds. The van der Waals surface area contributed by atoms with Crippen molar-refractivity contribution >= 4 is 29.9 Å². The summed E-state index contributed by atoms with van der Waals surface area (Å²) in [7, 11) is 1.74. The quantitative estimate of drug-likeness (QED) is 0.347. The van der Waals surface area contributed by atoms with E-state index in [9.17, 15) is 0 Å². The molecule has 1 aliphatic carbocycles. The van der Waals surface area contributed by atoms with Crippen molar-refractivity contribution in [3.8, 4) is 0 Å². The maximum Gasteiger partial charge on any atom is 0.188 e. The van der Waals surface area contributed by atoms with E-state index in [2.05, 4.69) is 16.9 Å². The number of hydrogen-bond acceptors (Lipinski definition) is 2. The van der Waals surface area contributed by atoms with Gasteiger partial charge in [-0.1, -0.05) is 12.2 Å². The van der Waals surface area contributed by atoms with Crippen LogP contribution in [0.1, 0.15) is 26.2 Å². The molecule has 3 N–H and O–H groups in total. The van der Waals surface area contributed by atoms with Gasteiger partial charge < -0.3 is 15.8 Å². The van der Waals surface area contributed by atoms with E-state index >= 15 is 0 Å². The molecule has 1 rings (SSSR count). The zero-order chi connectivity index (χ0) is 11.3. The van der Waals surface area contributed by atoms with Crippen LogP contribution in [0.5, 0.6) is 0 Å². The zero-order valence-electron chi connectivity index (χ0n) is 10.1. The Labute approximate surface area is 115 Å². The van der Waals surface area contributed by atoms with Crippen molar-refractivity contribution in [3.05, 3.63) is 12.2 Å². The van der Waals surface area contributed by atoms with Gasteiger partial charge in [-0.05, 0) is 26.2 Å². The number of guanidine groups is 1. The molecule has 16 heavy (non-hydrogen) atoms. The molecule has 1 fully saturated rings. The summed E-state index contributed by atoms with van der Waals surface area (Å²) in [6, 6.07) is 0. The van der Waals surface area contributed by atoms with Gasteiger partial charge in [0.1, 0.15) is 0 Å². The Morgan fingerprint density at radius 1 is 1.56 bits per heavy atom. The van der Waals surface area contributed by atoms with E-state index in [0.29, 0.717) is 19.0 Å². The van der Waals surface area contributed by atoms with Gasteiger partial charge in [-0.3, -0.25) is 4.99 Å². The third kappa shape index (κ3) is 4.69. The number of nitrogens with zero attached hydrogens (tertiary/aromatic N) is 1. The van der Waals surface area contributed by atoms with Gasteiger partial charge in [0.2, 0.25) is 0 Å². The van der Waals surface area contributed by atoms with E-state index in [1.807, 2.05) is 6.92 Å². The highest BCUT2D eigenvalue weighted by atomic mass is 127. The largest absolute Gasteiger partial charge is 0.376 e. The molecular weight excluding hydrogens is 317 g/mol. The minimum atomic E-state index is -0.0461. The number of methoxy groups -OCH3 is 1. The zero-order valence-corrected chi connectivity index (χ0v) is 12.4. The molecule has 0 spiro atoms. The minimum absolute atomic E-state index is 0. The number of aliphatic imine (C=N–C) groups is 1. The second-order valence-corrected chi connectivity index (χ2v) is 4.25. The Hall–Kier alpha value is -0.300. The van der Waals surface area contributed by atoms with E-state index in [1.165, 1.54) is 6.42 Å². The third-order valence-corrected chi connectivity index (χ3v) is 2.81. The topological polar surface area (TPSA) is 59.6 Å². The molecule has 0 unspecified atom stereocenters. The average molecular weight is 339 g/mol. The number of halogens is 1. The highest BCUT2D eigenvalue weighted by Gasteiger charge is 2.36. The van der Waals surface area contributed by atoms with Gasteiger partial charge in [0, 0.05) is 13.7 Å². The Balaban J connectivity index is 0.00000225. The van der Waals surface area contributed by atoms with Gasteiger partial charge in [0.05, 0.1) is 12.1 Å². The molecule has 0 aromatic carbocycles. The van der Waals surface area contributed by atoms with Crippen LogP contribution >= 0.6 is 24.0 Å². The lowest BCUT2D eigenvalue weighted by Crippen LogP contribution is -2.43. The Morgan fingerprint density at radius 3 is 2.56 bits per heavy atom. The van der Waals surface area contributed by atoms with Crippen LogP contribution in [0.4, 0.5) is 0 Å². The fourth-order valence-electron chi connectivity index (χ4n) is 1.52. The highest BCUT2D eigenvalue weighted by molar-refractivity contribution is 14.0. The minimum Gasteiger partial charge on any atom is -0.376 e. The second-order valence-electron chi connectivity index (χ2n) is 4.25. The molecule has 4 nitrogen and oxygen atoms in total. The lowest BCUT2D eigenvalue weighted by Gasteiger charge is -2.39. The maximum atomic E-state index is 5.70. The monoisotopic (exact) mass is 339 g/mol. The number of rotatable bonds is 5. The molecular formula is C11H22IN3O. The SMILES string of the molecule is C=C(C)CNC(N)=NCC1(OC)CCC1.I. The highest BCUT2D eigenvalue weighted by Crippen LogP contribution is 2.35. The van der Waals surface area contributed by atoms with Crippen LogP contribution in [0, 0.1) is 0 Å². The summed E-state index contributed by atoms with van der Waals surface area (Å²) in [6.07, 6.45) is 3.39. The molecule has 0 radical (unpaired) electrons. The van der Waals surface area contributed by atoms with Gasteiger partial charge in [-0.15, -0.1) is 24.0 Å². The predicted octanol–water partition coefficient (Wildman–Crippen LogP) is 1.65. The Bertz CT molecular complexity index is 256. The molecule has 0 saturated heterocycles. The van der Waals surface area contributed by atoms with E-state index in [4.69, 9.17) is 10.5 Å². The number of ether oxygens (including phenoxy) is 1. The summed E-state index contributed by atoms with van der Waals surface area (Å²) in [4.78, 5) is 4.28. The lowest BCUT2D eigenvalue weighted by atomic mass is 9.80. The Kier molecular flexibility index (Phi) is 6.98. The first-order valence-corrected chi connectivity index (χ1v) is 5.31. The van der Waals surface area contributed by atoms with Crippen molar-refractivity contribution < 1.29 is 4.74 Å². The number of nitrogens with one attached hydrogen (secondary N) is 1. The van der Waals surface area contributed by atoms with Crippen LogP contribution in [-0.2, 0) is 4.74 Å². The molecule has 1 saturated carbocycles. The van der Waals surface area contributed by atoms with Crippen molar-refractivity contribution in [1.29, 1.82) is 0 Å². The predicted molar refractivity (Wildman–Crippen MR) is 78.3 cm³/mol. The number of hydrogen-bond donors (Lipinski definition) is 2. The normalized spacial score (nSPS) is 18.2. The Morgan fingerprint density at radius 2 is 2.19 bits per heavy atom. The maximum absolute atomic E-state index is 5.70. The van der Waals surface area contributed by atoms with Crippen LogP contribution in [0.3, 0.4) is 0 Å². The first-order chi connectivity index (χ1) is 7.08. The smallest absolute Gasteiger partial charge is 0.188 e. The van der Waals surface area contributed by atoms with Crippen molar-refractivity contribution in [2.24, 2.45) is 10.7 Å². The molecule has 0 heterocycles. The third-order valence-electron chi connectivity index (χ3n) is 2.81. The van der Waals surface area contributed by atoms with E-state index in [1.54, 1.807) is 7.11 Å². The number of nitrogens with two attached hydrogens (primary N) is 1. The second kappa shape index (κ2) is 7.11. The lowest BCUT2D eigenvalue weighted by molar-refractivity contribution is -0.0630.